The van der Waals surface area contributed by atoms with Gasteiger partial charge in [0.15, 0.2) is 0 Å². The SMILES string of the molecule is [CH3][Ge]([CH3])([CH3])[c]1cnc(-c2ccccc2)cc1CC1CCCC1. The van der Waals surface area contributed by atoms with Crippen molar-refractivity contribution < 1.29 is 0 Å². The molecule has 1 nitrogen and oxygen atoms in total. The molecule has 1 aliphatic carbocycles. The van der Waals surface area contributed by atoms with Crippen molar-refractivity contribution >= 4 is 17.7 Å². The summed E-state index contributed by atoms with van der Waals surface area (Å²) in [5.41, 5.74) is 3.97. The normalized spacial score (nSPS) is 16.1. The molecule has 1 aromatic heterocycles. The van der Waals surface area contributed by atoms with Crippen LogP contribution in [0.3, 0.4) is 0 Å². The van der Waals surface area contributed by atoms with Crippen LogP contribution >= 0.6 is 0 Å². The van der Waals surface area contributed by atoms with Crippen LogP contribution in [0.4, 0.5) is 0 Å². The molecular weight excluding hydrogens is 327 g/mol. The van der Waals surface area contributed by atoms with Crippen LogP contribution in [-0.4, -0.2) is 18.3 Å². The first-order valence-electron chi connectivity index (χ1n) is 8.59. The van der Waals surface area contributed by atoms with E-state index < -0.39 is 13.3 Å². The predicted octanol–water partition coefficient (Wildman–Crippen LogP) is 5.03. The summed E-state index contributed by atoms with van der Waals surface area (Å²) in [6, 6.07) is 13.0. The maximum absolute atomic E-state index is 4.80. The zero-order valence-electron chi connectivity index (χ0n) is 14.1. The van der Waals surface area contributed by atoms with E-state index >= 15 is 0 Å². The third kappa shape index (κ3) is 3.63. The molecule has 0 atom stereocenters. The molecule has 1 heterocycles. The van der Waals surface area contributed by atoms with Crippen LogP contribution in [0.25, 0.3) is 11.3 Å². The molecule has 1 aromatic carbocycles. The molecule has 3 rings (SSSR count). The van der Waals surface area contributed by atoms with Gasteiger partial charge in [-0.15, -0.1) is 0 Å². The van der Waals surface area contributed by atoms with Crippen molar-refractivity contribution in [2.75, 3.05) is 0 Å². The van der Waals surface area contributed by atoms with Gasteiger partial charge in [-0.25, -0.2) is 0 Å². The van der Waals surface area contributed by atoms with Gasteiger partial charge >= 0.3 is 137 Å². The summed E-state index contributed by atoms with van der Waals surface area (Å²) in [7, 11) is 0. The predicted molar refractivity (Wildman–Crippen MR) is 98.3 cm³/mol. The fourth-order valence-corrected chi connectivity index (χ4v) is 6.97. The molecule has 0 bridgehead atoms. The van der Waals surface area contributed by atoms with Gasteiger partial charge in [-0.05, 0) is 0 Å². The van der Waals surface area contributed by atoms with Gasteiger partial charge < -0.3 is 0 Å². The first-order chi connectivity index (χ1) is 10.5. The van der Waals surface area contributed by atoms with E-state index in [4.69, 9.17) is 4.98 Å². The van der Waals surface area contributed by atoms with E-state index in [9.17, 15) is 0 Å². The molecule has 22 heavy (non-hydrogen) atoms. The van der Waals surface area contributed by atoms with E-state index in [1.165, 1.54) is 37.7 Å². The van der Waals surface area contributed by atoms with Crippen molar-refractivity contribution in [1.82, 2.24) is 4.98 Å². The standard InChI is InChI=1S/C20H27GeN/c1-21(2,3)19-15-22-20(17-11-5-4-6-12-17)14-18(19)13-16-9-7-8-10-16/h4-6,11-12,14-16H,7-10,13H2,1-3H3. The molecule has 0 saturated heterocycles. The van der Waals surface area contributed by atoms with Crippen LogP contribution in [0.5, 0.6) is 0 Å². The topological polar surface area (TPSA) is 12.9 Å². The quantitative estimate of drug-likeness (QED) is 0.702. The van der Waals surface area contributed by atoms with Crippen molar-refractivity contribution in [3.8, 4) is 11.3 Å². The van der Waals surface area contributed by atoms with Gasteiger partial charge in [0.25, 0.3) is 0 Å². The number of benzene rings is 1. The molecular formula is C20H27GeN. The second-order valence-corrected chi connectivity index (χ2v) is 18.3. The number of hydrogen-bond donors (Lipinski definition) is 0. The van der Waals surface area contributed by atoms with Gasteiger partial charge in [0.05, 0.1) is 0 Å². The first-order valence-corrected chi connectivity index (χ1v) is 15.9. The van der Waals surface area contributed by atoms with Crippen molar-refractivity contribution in [2.24, 2.45) is 5.92 Å². The Morgan fingerprint density at radius 1 is 1.05 bits per heavy atom. The first kappa shape index (κ1) is 15.8. The fraction of sp³-hybridized carbons (Fsp3) is 0.450. The average molecular weight is 354 g/mol. The Kier molecular flexibility index (Phi) is 4.72. The van der Waals surface area contributed by atoms with Crippen LogP contribution in [0, 0.1) is 5.92 Å². The van der Waals surface area contributed by atoms with E-state index in [1.807, 2.05) is 0 Å². The Labute approximate surface area is 137 Å². The maximum atomic E-state index is 4.80. The van der Waals surface area contributed by atoms with Crippen molar-refractivity contribution in [2.45, 2.75) is 49.4 Å². The molecule has 2 heteroatoms. The Balaban J connectivity index is 1.98. The van der Waals surface area contributed by atoms with Crippen LogP contribution in [-0.2, 0) is 6.42 Å². The van der Waals surface area contributed by atoms with E-state index in [1.54, 1.807) is 9.96 Å². The molecule has 1 fully saturated rings. The number of rotatable bonds is 4. The van der Waals surface area contributed by atoms with Crippen LogP contribution in [0.15, 0.2) is 42.6 Å². The second-order valence-electron chi connectivity index (χ2n) is 7.70. The summed E-state index contributed by atoms with van der Waals surface area (Å²) < 4.78 is 1.60. The van der Waals surface area contributed by atoms with Crippen LogP contribution < -0.4 is 4.40 Å². The zero-order valence-corrected chi connectivity index (χ0v) is 16.2. The summed E-state index contributed by atoms with van der Waals surface area (Å²) in [6.07, 6.45) is 9.15. The second kappa shape index (κ2) is 6.58. The molecule has 0 aliphatic heterocycles. The Bertz CT molecular complexity index is 622. The molecule has 1 aliphatic rings. The molecule has 0 amide bonds. The van der Waals surface area contributed by atoms with Gasteiger partial charge in [-0.3, -0.25) is 0 Å². The van der Waals surface area contributed by atoms with E-state index in [0.717, 1.165) is 11.6 Å². The number of hydrogen-bond acceptors (Lipinski definition) is 1. The molecule has 0 radical (unpaired) electrons. The summed E-state index contributed by atoms with van der Waals surface area (Å²) in [4.78, 5) is 4.80. The Morgan fingerprint density at radius 3 is 2.36 bits per heavy atom. The van der Waals surface area contributed by atoms with E-state index in [0.29, 0.717) is 0 Å². The number of nitrogens with zero attached hydrogens (tertiary/aromatic N) is 1. The minimum absolute atomic E-state index is 0.898. The van der Waals surface area contributed by atoms with Crippen LogP contribution in [0.1, 0.15) is 31.2 Å². The summed E-state index contributed by atoms with van der Waals surface area (Å²) in [5, 5.41) is 0. The summed E-state index contributed by atoms with van der Waals surface area (Å²) in [6.45, 7) is 0. The van der Waals surface area contributed by atoms with E-state index in [2.05, 4.69) is 59.9 Å². The zero-order chi connectivity index (χ0) is 15.6. The van der Waals surface area contributed by atoms with Crippen molar-refractivity contribution in [3.63, 3.8) is 0 Å². The molecule has 0 N–H and O–H groups in total. The average Bonchev–Trinajstić information content (AvgIpc) is 3.00. The van der Waals surface area contributed by atoms with Gasteiger partial charge in [-0.1, -0.05) is 0 Å². The van der Waals surface area contributed by atoms with Gasteiger partial charge in [0, 0.05) is 0 Å². The van der Waals surface area contributed by atoms with Crippen LogP contribution in [0.2, 0.25) is 17.3 Å². The van der Waals surface area contributed by atoms with Gasteiger partial charge in [0.1, 0.15) is 0 Å². The monoisotopic (exact) mass is 355 g/mol. The summed E-state index contributed by atoms with van der Waals surface area (Å²) >= 11 is -1.86. The van der Waals surface area contributed by atoms with Crippen molar-refractivity contribution in [1.29, 1.82) is 0 Å². The van der Waals surface area contributed by atoms with Crippen molar-refractivity contribution in [3.05, 3.63) is 48.2 Å². The van der Waals surface area contributed by atoms with Gasteiger partial charge in [-0.2, -0.15) is 0 Å². The molecule has 1 saturated carbocycles. The molecule has 2 aromatic rings. The fourth-order valence-electron chi connectivity index (χ4n) is 3.63. The minimum atomic E-state index is -1.86. The third-order valence-electron chi connectivity index (χ3n) is 4.85. The number of aromatic nitrogens is 1. The molecule has 0 spiro atoms. The number of pyridine rings is 1. The molecule has 116 valence electrons. The summed E-state index contributed by atoms with van der Waals surface area (Å²) in [5.74, 6) is 8.35. The Morgan fingerprint density at radius 2 is 1.73 bits per heavy atom. The van der Waals surface area contributed by atoms with Gasteiger partial charge in [0.2, 0.25) is 0 Å². The Hall–Kier alpha value is -1.09. The molecule has 0 unspecified atom stereocenters. The third-order valence-corrected chi connectivity index (χ3v) is 9.19. The van der Waals surface area contributed by atoms with E-state index in [-0.39, 0.29) is 0 Å².